The van der Waals surface area contributed by atoms with E-state index in [0.717, 1.165) is 4.47 Å². The summed E-state index contributed by atoms with van der Waals surface area (Å²) in [5.41, 5.74) is 0.749. The van der Waals surface area contributed by atoms with Gasteiger partial charge in [-0.05, 0) is 40.8 Å². The van der Waals surface area contributed by atoms with E-state index in [1.54, 1.807) is 30.3 Å². The lowest BCUT2D eigenvalue weighted by atomic mass is 10.2. The minimum absolute atomic E-state index is 0.219. The number of carboxylic acid groups (broad SMARTS) is 1. The van der Waals surface area contributed by atoms with Crippen LogP contribution in [0.25, 0.3) is 5.65 Å². The lowest BCUT2D eigenvalue weighted by molar-refractivity contribution is 0.0693. The minimum Gasteiger partial charge on any atom is -0.478 e. The van der Waals surface area contributed by atoms with E-state index in [0.29, 0.717) is 15.6 Å². The van der Waals surface area contributed by atoms with E-state index in [4.69, 9.17) is 0 Å². The molecule has 0 spiro atoms. The van der Waals surface area contributed by atoms with E-state index < -0.39 is 5.97 Å². The van der Waals surface area contributed by atoms with Gasteiger partial charge in [-0.15, -0.1) is 14.8 Å². The fourth-order valence-electron chi connectivity index (χ4n) is 1.56. The van der Waals surface area contributed by atoms with Gasteiger partial charge >= 0.3 is 5.97 Å². The number of aromatic nitrogens is 5. The number of nitrogens with zero attached hydrogens (tertiary/aromatic N) is 5. The molecule has 2 aromatic heterocycles. The summed E-state index contributed by atoms with van der Waals surface area (Å²) >= 11 is 4.56. The Morgan fingerprint density at radius 3 is 2.95 bits per heavy atom. The number of carbonyl (C=O) groups is 1. The first kappa shape index (κ1) is 13.0. The van der Waals surface area contributed by atoms with Crippen LogP contribution >= 0.6 is 27.7 Å². The van der Waals surface area contributed by atoms with Gasteiger partial charge in [0.15, 0.2) is 5.65 Å². The third-order valence-corrected chi connectivity index (χ3v) is 3.91. The van der Waals surface area contributed by atoms with Gasteiger partial charge in [-0.3, -0.25) is 0 Å². The Kier molecular flexibility index (Phi) is 3.36. The van der Waals surface area contributed by atoms with Crippen LogP contribution in [0.2, 0.25) is 0 Å². The van der Waals surface area contributed by atoms with Crippen LogP contribution in [0, 0.1) is 0 Å². The number of benzene rings is 1. The second-order valence-corrected chi connectivity index (χ2v) is 5.72. The van der Waals surface area contributed by atoms with Crippen LogP contribution in [0.1, 0.15) is 10.4 Å². The molecule has 7 nitrogen and oxygen atoms in total. The molecule has 2 heterocycles. The van der Waals surface area contributed by atoms with E-state index in [1.165, 1.54) is 16.4 Å². The van der Waals surface area contributed by atoms with Gasteiger partial charge in [-0.1, -0.05) is 27.7 Å². The zero-order valence-electron chi connectivity index (χ0n) is 9.76. The molecule has 0 aliphatic carbocycles. The van der Waals surface area contributed by atoms with Crippen LogP contribution in [0.3, 0.4) is 0 Å². The fraction of sp³-hybridized carbons (Fsp3) is 0. The van der Waals surface area contributed by atoms with Crippen molar-refractivity contribution in [3.63, 3.8) is 0 Å². The van der Waals surface area contributed by atoms with Gasteiger partial charge in [0.2, 0.25) is 0 Å². The van der Waals surface area contributed by atoms with Crippen molar-refractivity contribution in [2.75, 3.05) is 0 Å². The summed E-state index contributed by atoms with van der Waals surface area (Å²) in [5.74, 6) is -0.983. The SMILES string of the molecule is O=C(O)c1ccc(Br)cc1Sc1ccc2nnnn2n1. The number of rotatable bonds is 3. The van der Waals surface area contributed by atoms with Crippen molar-refractivity contribution in [3.8, 4) is 0 Å². The van der Waals surface area contributed by atoms with Crippen LogP contribution < -0.4 is 0 Å². The first-order chi connectivity index (χ1) is 9.63. The van der Waals surface area contributed by atoms with Crippen molar-refractivity contribution >= 4 is 39.3 Å². The zero-order chi connectivity index (χ0) is 14.1. The van der Waals surface area contributed by atoms with E-state index in [-0.39, 0.29) is 5.56 Å². The van der Waals surface area contributed by atoms with Gasteiger partial charge in [0.25, 0.3) is 0 Å². The molecule has 0 unspecified atom stereocenters. The van der Waals surface area contributed by atoms with E-state index in [2.05, 4.69) is 36.6 Å². The molecule has 0 aliphatic heterocycles. The molecule has 0 amide bonds. The first-order valence-electron chi connectivity index (χ1n) is 5.39. The Hall–Kier alpha value is -2.00. The summed E-state index contributed by atoms with van der Waals surface area (Å²) < 4.78 is 2.09. The van der Waals surface area contributed by atoms with Gasteiger partial charge in [-0.25, -0.2) is 4.79 Å². The number of hydrogen-bond acceptors (Lipinski definition) is 6. The van der Waals surface area contributed by atoms with Crippen molar-refractivity contribution < 1.29 is 9.90 Å². The number of fused-ring (bicyclic) bond motifs is 1. The molecule has 0 fully saturated rings. The van der Waals surface area contributed by atoms with E-state index in [1.807, 2.05) is 0 Å². The predicted octanol–water partition coefficient (Wildman–Crippen LogP) is 2.13. The molecule has 3 aromatic rings. The summed E-state index contributed by atoms with van der Waals surface area (Å²) in [6, 6.07) is 8.42. The highest BCUT2D eigenvalue weighted by Gasteiger charge is 2.13. The molecule has 9 heteroatoms. The number of hydrogen-bond donors (Lipinski definition) is 1. The minimum atomic E-state index is -0.983. The molecule has 1 aromatic carbocycles. The van der Waals surface area contributed by atoms with Crippen molar-refractivity contribution in [3.05, 3.63) is 40.4 Å². The summed E-state index contributed by atoms with van der Waals surface area (Å²) in [6.07, 6.45) is 0. The predicted molar refractivity (Wildman–Crippen MR) is 73.8 cm³/mol. The van der Waals surface area contributed by atoms with Crippen LogP contribution in [0.5, 0.6) is 0 Å². The van der Waals surface area contributed by atoms with Crippen LogP contribution in [0.15, 0.2) is 44.7 Å². The monoisotopic (exact) mass is 351 g/mol. The van der Waals surface area contributed by atoms with Gasteiger partial charge in [0.1, 0.15) is 5.03 Å². The quantitative estimate of drug-likeness (QED) is 0.772. The van der Waals surface area contributed by atoms with E-state index in [9.17, 15) is 9.90 Å². The maximum atomic E-state index is 11.2. The first-order valence-corrected chi connectivity index (χ1v) is 7.00. The van der Waals surface area contributed by atoms with Gasteiger partial charge in [0, 0.05) is 9.37 Å². The van der Waals surface area contributed by atoms with Crippen molar-refractivity contribution in [2.24, 2.45) is 0 Å². The molecule has 1 N–H and O–H groups in total. The molecule has 0 radical (unpaired) electrons. The molecule has 20 heavy (non-hydrogen) atoms. The van der Waals surface area contributed by atoms with E-state index >= 15 is 0 Å². The van der Waals surface area contributed by atoms with Crippen LogP contribution in [-0.2, 0) is 0 Å². The highest BCUT2D eigenvalue weighted by Crippen LogP contribution is 2.31. The maximum absolute atomic E-state index is 11.2. The molecule has 0 saturated heterocycles. The third-order valence-electron chi connectivity index (χ3n) is 2.43. The normalized spacial score (nSPS) is 10.8. The second-order valence-electron chi connectivity index (χ2n) is 3.75. The van der Waals surface area contributed by atoms with Crippen molar-refractivity contribution in [1.82, 2.24) is 25.3 Å². The smallest absolute Gasteiger partial charge is 0.336 e. The highest BCUT2D eigenvalue weighted by atomic mass is 79.9. The Morgan fingerprint density at radius 1 is 1.30 bits per heavy atom. The molecule has 100 valence electrons. The summed E-state index contributed by atoms with van der Waals surface area (Å²) in [4.78, 5) is 11.8. The third kappa shape index (κ3) is 2.49. The molecule has 0 aliphatic rings. The topological polar surface area (TPSA) is 93.3 Å². The summed E-state index contributed by atoms with van der Waals surface area (Å²) in [5, 5.41) is 24.9. The average Bonchev–Trinajstić information content (AvgIpc) is 2.85. The molecule has 0 atom stereocenters. The Labute approximate surface area is 125 Å². The lowest BCUT2D eigenvalue weighted by Crippen LogP contribution is -2.00. The molecule has 0 saturated carbocycles. The van der Waals surface area contributed by atoms with Crippen molar-refractivity contribution in [1.29, 1.82) is 0 Å². The fourth-order valence-corrected chi connectivity index (χ4v) is 3.00. The Bertz CT molecular complexity index is 806. The largest absolute Gasteiger partial charge is 0.478 e. The number of aromatic carboxylic acids is 1. The molecular weight excluding hydrogens is 346 g/mol. The Balaban J connectivity index is 2.01. The number of carboxylic acids is 1. The molecule has 3 rings (SSSR count). The van der Waals surface area contributed by atoms with Crippen LogP contribution in [-0.4, -0.2) is 36.3 Å². The number of tetrazole rings is 1. The summed E-state index contributed by atoms with van der Waals surface area (Å²) in [7, 11) is 0. The standard InChI is InChI=1S/C11H6BrN5O2S/c12-6-1-2-7(11(18)19)8(5-6)20-10-4-3-9-13-15-16-17(9)14-10/h1-5H,(H,18,19). The molecule has 0 bridgehead atoms. The zero-order valence-corrected chi connectivity index (χ0v) is 12.2. The van der Waals surface area contributed by atoms with Crippen molar-refractivity contribution in [2.45, 2.75) is 9.92 Å². The average molecular weight is 352 g/mol. The summed E-state index contributed by atoms with van der Waals surface area (Å²) in [6.45, 7) is 0. The second kappa shape index (κ2) is 5.17. The van der Waals surface area contributed by atoms with Gasteiger partial charge < -0.3 is 5.11 Å². The van der Waals surface area contributed by atoms with Gasteiger partial charge in [-0.2, -0.15) is 0 Å². The molecular formula is C11H6BrN5O2S. The highest BCUT2D eigenvalue weighted by molar-refractivity contribution is 9.10. The Morgan fingerprint density at radius 2 is 2.15 bits per heavy atom. The lowest BCUT2D eigenvalue weighted by Gasteiger charge is -2.05. The van der Waals surface area contributed by atoms with Gasteiger partial charge in [0.05, 0.1) is 5.56 Å². The van der Waals surface area contributed by atoms with Crippen LogP contribution in [0.4, 0.5) is 0 Å². The maximum Gasteiger partial charge on any atom is 0.336 e. The number of halogens is 1.